The van der Waals surface area contributed by atoms with Crippen LogP contribution in [0.3, 0.4) is 0 Å². The second kappa shape index (κ2) is 3.29. The highest BCUT2D eigenvalue weighted by atomic mass is 32.1. The lowest BCUT2D eigenvalue weighted by atomic mass is 9.79. The van der Waals surface area contributed by atoms with Crippen molar-refractivity contribution in [2.75, 3.05) is 0 Å². The number of aromatic nitrogens is 1. The molecule has 0 bridgehead atoms. The molecule has 2 rings (SSSR count). The van der Waals surface area contributed by atoms with Crippen LogP contribution in [0.25, 0.3) is 0 Å². The van der Waals surface area contributed by atoms with Crippen molar-refractivity contribution in [3.63, 3.8) is 0 Å². The molecule has 1 heterocycles. The maximum Gasteiger partial charge on any atom is 0.112 e. The predicted octanol–water partition coefficient (Wildman–Crippen LogP) is 2.85. The van der Waals surface area contributed by atoms with Gasteiger partial charge in [-0.3, -0.25) is 0 Å². The molecule has 0 amide bonds. The first kappa shape index (κ1) is 11.1. The number of thiazole rings is 1. The minimum absolute atomic E-state index is 0.286. The minimum Gasteiger partial charge on any atom is -0.320 e. The molecule has 2 nitrogen and oxygen atoms in total. The van der Waals surface area contributed by atoms with Gasteiger partial charge in [-0.1, -0.05) is 13.8 Å². The van der Waals surface area contributed by atoms with Gasteiger partial charge >= 0.3 is 0 Å². The first-order valence-electron chi connectivity index (χ1n) is 5.56. The summed E-state index contributed by atoms with van der Waals surface area (Å²) < 4.78 is 0. The van der Waals surface area contributed by atoms with Gasteiger partial charge in [0.25, 0.3) is 0 Å². The van der Waals surface area contributed by atoms with Crippen molar-refractivity contribution in [3.05, 3.63) is 15.6 Å². The molecule has 0 saturated heterocycles. The number of nitrogens with two attached hydrogens (primary N) is 1. The van der Waals surface area contributed by atoms with Crippen LogP contribution >= 0.6 is 11.3 Å². The molecule has 0 fully saturated rings. The Bertz CT molecular complexity index is 371. The van der Waals surface area contributed by atoms with E-state index < -0.39 is 0 Å². The predicted molar refractivity (Wildman–Crippen MR) is 65.1 cm³/mol. The molecule has 1 aromatic rings. The number of rotatable bonds is 1. The quantitative estimate of drug-likeness (QED) is 0.796. The molecule has 15 heavy (non-hydrogen) atoms. The normalized spacial score (nSPS) is 20.1. The van der Waals surface area contributed by atoms with Crippen molar-refractivity contribution < 1.29 is 0 Å². The van der Waals surface area contributed by atoms with Crippen molar-refractivity contribution in [3.8, 4) is 0 Å². The van der Waals surface area contributed by atoms with Gasteiger partial charge < -0.3 is 5.73 Å². The van der Waals surface area contributed by atoms with Gasteiger partial charge in [0, 0.05) is 4.88 Å². The highest BCUT2D eigenvalue weighted by Crippen LogP contribution is 2.38. The lowest BCUT2D eigenvalue weighted by Crippen LogP contribution is -2.28. The van der Waals surface area contributed by atoms with Crippen molar-refractivity contribution in [2.24, 2.45) is 11.1 Å². The van der Waals surface area contributed by atoms with Crippen LogP contribution in [0.5, 0.6) is 0 Å². The fourth-order valence-corrected chi connectivity index (χ4v) is 3.35. The van der Waals surface area contributed by atoms with E-state index in [0.717, 1.165) is 17.8 Å². The van der Waals surface area contributed by atoms with Gasteiger partial charge in [0.05, 0.1) is 11.2 Å². The third kappa shape index (κ3) is 2.23. The summed E-state index contributed by atoms with van der Waals surface area (Å²) in [5.41, 5.74) is 7.54. The zero-order valence-electron chi connectivity index (χ0n) is 10.1. The standard InChI is InChI=1S/C12H20N2S/c1-11(2)6-5-8-9(7-11)15-10(14-8)12(3,4)13/h5-7,13H2,1-4H3. The number of aryl methyl sites for hydroxylation is 1. The molecule has 0 saturated carbocycles. The largest absolute Gasteiger partial charge is 0.320 e. The summed E-state index contributed by atoms with van der Waals surface area (Å²) in [6, 6.07) is 0. The van der Waals surface area contributed by atoms with Gasteiger partial charge in [-0.2, -0.15) is 0 Å². The average Bonchev–Trinajstić information content (AvgIpc) is 2.43. The van der Waals surface area contributed by atoms with Crippen LogP contribution in [0, 0.1) is 5.41 Å². The molecule has 0 spiro atoms. The number of hydrogen-bond acceptors (Lipinski definition) is 3. The van der Waals surface area contributed by atoms with Crippen LogP contribution in [0.2, 0.25) is 0 Å². The molecular formula is C12H20N2S. The first-order chi connectivity index (χ1) is 6.78. The Morgan fingerprint density at radius 3 is 2.67 bits per heavy atom. The van der Waals surface area contributed by atoms with E-state index in [1.807, 2.05) is 25.2 Å². The monoisotopic (exact) mass is 224 g/mol. The van der Waals surface area contributed by atoms with Crippen LogP contribution in [0.4, 0.5) is 0 Å². The van der Waals surface area contributed by atoms with Gasteiger partial charge in [-0.05, 0) is 38.5 Å². The highest BCUT2D eigenvalue weighted by molar-refractivity contribution is 7.11. The molecule has 1 aliphatic carbocycles. The summed E-state index contributed by atoms with van der Waals surface area (Å²) in [5, 5.41) is 1.09. The average molecular weight is 224 g/mol. The number of hydrogen-bond donors (Lipinski definition) is 1. The molecule has 0 aromatic carbocycles. The summed E-state index contributed by atoms with van der Waals surface area (Å²) in [4.78, 5) is 6.14. The number of nitrogens with zero attached hydrogens (tertiary/aromatic N) is 1. The Hall–Kier alpha value is -0.410. The lowest BCUT2D eigenvalue weighted by Gasteiger charge is -2.28. The van der Waals surface area contributed by atoms with Crippen molar-refractivity contribution >= 4 is 11.3 Å². The summed E-state index contributed by atoms with van der Waals surface area (Å²) in [7, 11) is 0. The van der Waals surface area contributed by atoms with E-state index in [1.54, 1.807) is 0 Å². The van der Waals surface area contributed by atoms with E-state index in [2.05, 4.69) is 18.8 Å². The smallest absolute Gasteiger partial charge is 0.112 e. The highest BCUT2D eigenvalue weighted by Gasteiger charge is 2.30. The summed E-state index contributed by atoms with van der Waals surface area (Å²) >= 11 is 1.81. The fraction of sp³-hybridized carbons (Fsp3) is 0.750. The molecule has 1 aliphatic rings. The van der Waals surface area contributed by atoms with E-state index in [1.165, 1.54) is 17.0 Å². The maximum atomic E-state index is 6.08. The first-order valence-corrected chi connectivity index (χ1v) is 6.37. The van der Waals surface area contributed by atoms with Gasteiger partial charge in [0.15, 0.2) is 0 Å². The maximum absolute atomic E-state index is 6.08. The Morgan fingerprint density at radius 2 is 2.07 bits per heavy atom. The molecule has 2 N–H and O–H groups in total. The van der Waals surface area contributed by atoms with E-state index in [9.17, 15) is 0 Å². The number of fused-ring (bicyclic) bond motifs is 1. The third-order valence-electron chi connectivity index (χ3n) is 3.01. The van der Waals surface area contributed by atoms with Crippen LogP contribution in [-0.2, 0) is 18.4 Å². The van der Waals surface area contributed by atoms with Crippen LogP contribution in [0.15, 0.2) is 0 Å². The fourth-order valence-electron chi connectivity index (χ4n) is 1.97. The van der Waals surface area contributed by atoms with E-state index in [0.29, 0.717) is 5.41 Å². The second-order valence-electron chi connectivity index (χ2n) is 5.95. The lowest BCUT2D eigenvalue weighted by molar-refractivity contribution is 0.316. The van der Waals surface area contributed by atoms with Crippen molar-refractivity contribution in [1.29, 1.82) is 0 Å². The molecule has 0 aliphatic heterocycles. The van der Waals surface area contributed by atoms with E-state index >= 15 is 0 Å². The van der Waals surface area contributed by atoms with Gasteiger partial charge in [-0.25, -0.2) is 4.98 Å². The Balaban J connectivity index is 2.34. The van der Waals surface area contributed by atoms with Crippen LogP contribution < -0.4 is 5.73 Å². The summed E-state index contributed by atoms with van der Waals surface area (Å²) in [5.74, 6) is 0. The van der Waals surface area contributed by atoms with Gasteiger partial charge in [-0.15, -0.1) is 11.3 Å². The van der Waals surface area contributed by atoms with Crippen molar-refractivity contribution in [2.45, 2.75) is 52.5 Å². The Morgan fingerprint density at radius 1 is 1.40 bits per heavy atom. The second-order valence-corrected chi connectivity index (χ2v) is 7.04. The molecule has 3 heteroatoms. The third-order valence-corrected chi connectivity index (χ3v) is 4.44. The van der Waals surface area contributed by atoms with E-state index in [-0.39, 0.29) is 5.54 Å². The van der Waals surface area contributed by atoms with Gasteiger partial charge in [0.2, 0.25) is 0 Å². The molecule has 0 unspecified atom stereocenters. The molecule has 84 valence electrons. The van der Waals surface area contributed by atoms with E-state index in [4.69, 9.17) is 5.73 Å². The van der Waals surface area contributed by atoms with Crippen LogP contribution in [-0.4, -0.2) is 4.98 Å². The Labute approximate surface area is 95.9 Å². The Kier molecular flexibility index (Phi) is 2.43. The molecular weight excluding hydrogens is 204 g/mol. The van der Waals surface area contributed by atoms with Crippen molar-refractivity contribution in [1.82, 2.24) is 4.98 Å². The molecule has 0 radical (unpaired) electrons. The summed E-state index contributed by atoms with van der Waals surface area (Å²) in [6.45, 7) is 8.73. The summed E-state index contributed by atoms with van der Waals surface area (Å²) in [6.07, 6.45) is 3.53. The van der Waals surface area contributed by atoms with Gasteiger partial charge in [0.1, 0.15) is 5.01 Å². The topological polar surface area (TPSA) is 38.9 Å². The SMILES string of the molecule is CC1(C)CCc2nc(C(C)(C)N)sc2C1. The molecule has 0 atom stereocenters. The zero-order chi connectivity index (χ0) is 11.3. The minimum atomic E-state index is -0.286. The van der Waals surface area contributed by atoms with Crippen LogP contribution in [0.1, 0.15) is 49.7 Å². The zero-order valence-corrected chi connectivity index (χ0v) is 10.9. The molecule has 1 aromatic heterocycles.